The van der Waals surface area contributed by atoms with E-state index in [0.29, 0.717) is 30.1 Å². The Morgan fingerprint density at radius 1 is 1.42 bits per heavy atom. The van der Waals surface area contributed by atoms with Crippen LogP contribution in [0.3, 0.4) is 0 Å². The zero-order chi connectivity index (χ0) is 13.2. The van der Waals surface area contributed by atoms with Gasteiger partial charge in [0.05, 0.1) is 31.9 Å². The van der Waals surface area contributed by atoms with Crippen molar-refractivity contribution in [1.29, 1.82) is 0 Å². The van der Waals surface area contributed by atoms with Crippen molar-refractivity contribution in [3.05, 3.63) is 28.7 Å². The lowest BCUT2D eigenvalue weighted by molar-refractivity contribution is 0.139. The number of aromatic amines is 1. The van der Waals surface area contributed by atoms with Crippen molar-refractivity contribution in [3.63, 3.8) is 0 Å². The maximum Gasteiger partial charge on any atom is 0.272 e. The minimum Gasteiger partial charge on any atom is -0.493 e. The van der Waals surface area contributed by atoms with Gasteiger partial charge in [0.15, 0.2) is 11.5 Å². The van der Waals surface area contributed by atoms with Gasteiger partial charge < -0.3 is 14.2 Å². The molecule has 6 heteroatoms. The van der Waals surface area contributed by atoms with Gasteiger partial charge in [0.2, 0.25) is 0 Å². The molecule has 1 atom stereocenters. The quantitative estimate of drug-likeness (QED) is 0.896. The van der Waals surface area contributed by atoms with E-state index in [1.54, 1.807) is 25.4 Å². The lowest BCUT2D eigenvalue weighted by Gasteiger charge is -2.15. The van der Waals surface area contributed by atoms with E-state index < -0.39 is 0 Å². The van der Waals surface area contributed by atoms with Gasteiger partial charge in [0.25, 0.3) is 5.56 Å². The molecule has 0 aliphatic carbocycles. The summed E-state index contributed by atoms with van der Waals surface area (Å²) in [7, 11) is 1.55. The molecule has 0 amide bonds. The Labute approximate surface area is 109 Å². The van der Waals surface area contributed by atoms with Crippen molar-refractivity contribution >= 4 is 10.8 Å². The van der Waals surface area contributed by atoms with Gasteiger partial charge in [-0.15, -0.1) is 0 Å². The average molecular weight is 262 g/mol. The van der Waals surface area contributed by atoms with Crippen LogP contribution in [-0.4, -0.2) is 36.6 Å². The highest BCUT2D eigenvalue weighted by atomic mass is 16.6. The molecule has 1 fully saturated rings. The number of ether oxygens (including phenoxy) is 3. The standard InChI is InChI=1S/C13H14N2O4/c1-17-11-5-10-8(6-14-15-13(10)16)4-12(11)19-9-2-3-18-7-9/h4-6,9H,2-3,7H2,1H3,(H,15,16)/t9-/m0/s1. The van der Waals surface area contributed by atoms with Crippen LogP contribution in [0.25, 0.3) is 10.8 Å². The van der Waals surface area contributed by atoms with Gasteiger partial charge >= 0.3 is 0 Å². The fourth-order valence-corrected chi connectivity index (χ4v) is 2.14. The van der Waals surface area contributed by atoms with Crippen molar-refractivity contribution < 1.29 is 14.2 Å². The Balaban J connectivity index is 2.04. The second-order valence-corrected chi connectivity index (χ2v) is 4.39. The highest BCUT2D eigenvalue weighted by Crippen LogP contribution is 2.32. The molecule has 1 aromatic carbocycles. The van der Waals surface area contributed by atoms with Crippen LogP contribution in [0, 0.1) is 0 Å². The molecule has 3 rings (SSSR count). The van der Waals surface area contributed by atoms with Gasteiger partial charge in [-0.1, -0.05) is 0 Å². The van der Waals surface area contributed by atoms with Crippen LogP contribution in [0.15, 0.2) is 23.1 Å². The summed E-state index contributed by atoms with van der Waals surface area (Å²) in [5, 5.41) is 7.43. The number of nitrogens with zero attached hydrogens (tertiary/aromatic N) is 1. The molecule has 0 unspecified atom stereocenters. The Hall–Kier alpha value is -2.08. The summed E-state index contributed by atoms with van der Waals surface area (Å²) in [6, 6.07) is 3.44. The zero-order valence-electron chi connectivity index (χ0n) is 10.5. The summed E-state index contributed by atoms with van der Waals surface area (Å²) in [5.41, 5.74) is -0.244. The number of hydrogen-bond donors (Lipinski definition) is 1. The van der Waals surface area contributed by atoms with E-state index >= 15 is 0 Å². The monoisotopic (exact) mass is 262 g/mol. The summed E-state index contributed by atoms with van der Waals surface area (Å²) < 4.78 is 16.4. The number of rotatable bonds is 3. The van der Waals surface area contributed by atoms with Crippen molar-refractivity contribution in [2.24, 2.45) is 0 Å². The van der Waals surface area contributed by atoms with E-state index in [0.717, 1.165) is 11.8 Å². The number of H-pyrrole nitrogens is 1. The highest BCUT2D eigenvalue weighted by molar-refractivity contribution is 5.84. The molecule has 6 nitrogen and oxygen atoms in total. The fraction of sp³-hybridized carbons (Fsp3) is 0.385. The molecular weight excluding hydrogens is 248 g/mol. The molecule has 2 heterocycles. The zero-order valence-corrected chi connectivity index (χ0v) is 10.5. The normalized spacial score (nSPS) is 18.7. The third-order valence-corrected chi connectivity index (χ3v) is 3.13. The maximum absolute atomic E-state index is 11.7. The molecule has 1 aliphatic rings. The van der Waals surface area contributed by atoms with E-state index in [1.807, 2.05) is 0 Å². The Morgan fingerprint density at radius 2 is 2.32 bits per heavy atom. The van der Waals surface area contributed by atoms with Gasteiger partial charge in [-0.2, -0.15) is 5.10 Å². The second-order valence-electron chi connectivity index (χ2n) is 4.39. The Bertz CT molecular complexity index is 647. The molecule has 0 bridgehead atoms. The summed E-state index contributed by atoms with van der Waals surface area (Å²) in [6.07, 6.45) is 2.48. The number of benzene rings is 1. The van der Waals surface area contributed by atoms with Crippen molar-refractivity contribution in [3.8, 4) is 11.5 Å². The van der Waals surface area contributed by atoms with Crippen LogP contribution in [-0.2, 0) is 4.74 Å². The van der Waals surface area contributed by atoms with E-state index in [4.69, 9.17) is 14.2 Å². The van der Waals surface area contributed by atoms with Crippen LogP contribution in [0.2, 0.25) is 0 Å². The molecule has 19 heavy (non-hydrogen) atoms. The van der Waals surface area contributed by atoms with Crippen molar-refractivity contribution in [2.75, 3.05) is 20.3 Å². The predicted octanol–water partition coefficient (Wildman–Crippen LogP) is 1.10. The smallest absolute Gasteiger partial charge is 0.272 e. The number of methoxy groups -OCH3 is 1. The average Bonchev–Trinajstić information content (AvgIpc) is 2.91. The van der Waals surface area contributed by atoms with Gasteiger partial charge in [0, 0.05) is 11.8 Å². The molecule has 100 valence electrons. The van der Waals surface area contributed by atoms with Gasteiger partial charge in [0.1, 0.15) is 6.10 Å². The third kappa shape index (κ3) is 2.26. The number of aromatic nitrogens is 2. The van der Waals surface area contributed by atoms with E-state index in [9.17, 15) is 4.79 Å². The largest absolute Gasteiger partial charge is 0.493 e. The SMILES string of the molecule is COc1cc2c(=O)[nH]ncc2cc1O[C@H]1CCOC1. The molecule has 1 saturated heterocycles. The minimum atomic E-state index is -0.244. The molecule has 0 radical (unpaired) electrons. The first kappa shape index (κ1) is 12.0. The summed E-state index contributed by atoms with van der Waals surface area (Å²) in [4.78, 5) is 11.7. The van der Waals surface area contributed by atoms with E-state index in [2.05, 4.69) is 10.2 Å². The van der Waals surface area contributed by atoms with Gasteiger partial charge in [-0.25, -0.2) is 5.10 Å². The Morgan fingerprint density at radius 3 is 3.05 bits per heavy atom. The van der Waals surface area contributed by atoms with Crippen LogP contribution in [0.1, 0.15) is 6.42 Å². The number of hydrogen-bond acceptors (Lipinski definition) is 5. The Kier molecular flexibility index (Phi) is 3.08. The van der Waals surface area contributed by atoms with E-state index in [-0.39, 0.29) is 11.7 Å². The van der Waals surface area contributed by atoms with E-state index in [1.165, 1.54) is 0 Å². The molecule has 0 saturated carbocycles. The number of nitrogens with one attached hydrogen (secondary N) is 1. The predicted molar refractivity (Wildman–Crippen MR) is 68.8 cm³/mol. The first-order valence-corrected chi connectivity index (χ1v) is 6.08. The molecule has 0 spiro atoms. The lowest BCUT2D eigenvalue weighted by atomic mass is 10.1. The third-order valence-electron chi connectivity index (χ3n) is 3.13. The summed E-state index contributed by atoms with van der Waals surface area (Å²) >= 11 is 0. The fourth-order valence-electron chi connectivity index (χ4n) is 2.14. The maximum atomic E-state index is 11.7. The van der Waals surface area contributed by atoms with Crippen LogP contribution >= 0.6 is 0 Å². The first-order valence-electron chi connectivity index (χ1n) is 6.08. The van der Waals surface area contributed by atoms with Crippen LogP contribution in [0.5, 0.6) is 11.5 Å². The lowest BCUT2D eigenvalue weighted by Crippen LogP contribution is -2.16. The highest BCUT2D eigenvalue weighted by Gasteiger charge is 2.19. The molecular formula is C13H14N2O4. The van der Waals surface area contributed by atoms with Crippen molar-refractivity contribution in [1.82, 2.24) is 10.2 Å². The van der Waals surface area contributed by atoms with Crippen LogP contribution in [0.4, 0.5) is 0 Å². The van der Waals surface area contributed by atoms with Crippen LogP contribution < -0.4 is 15.0 Å². The van der Waals surface area contributed by atoms with Gasteiger partial charge in [-0.3, -0.25) is 4.79 Å². The molecule has 1 aliphatic heterocycles. The van der Waals surface area contributed by atoms with Gasteiger partial charge in [-0.05, 0) is 12.1 Å². The molecule has 1 N–H and O–H groups in total. The summed E-state index contributed by atoms with van der Waals surface area (Å²) in [5.74, 6) is 1.15. The topological polar surface area (TPSA) is 73.4 Å². The first-order chi connectivity index (χ1) is 9.28. The van der Waals surface area contributed by atoms with Crippen molar-refractivity contribution in [2.45, 2.75) is 12.5 Å². The summed E-state index contributed by atoms with van der Waals surface area (Å²) in [6.45, 7) is 1.29. The number of fused-ring (bicyclic) bond motifs is 1. The molecule has 2 aromatic rings. The second kappa shape index (κ2) is 4.89. The molecule has 1 aromatic heterocycles. The minimum absolute atomic E-state index is 0.0290.